The number of para-hydroxylation sites is 1. The molecule has 3 atom stereocenters. The second-order valence-electron chi connectivity index (χ2n) is 6.12. The van der Waals surface area contributed by atoms with Gasteiger partial charge >= 0.3 is 0 Å². The molecule has 1 N–H and O–H groups in total. The van der Waals surface area contributed by atoms with Crippen molar-refractivity contribution in [2.24, 2.45) is 5.92 Å². The van der Waals surface area contributed by atoms with E-state index in [9.17, 15) is 9.59 Å². The molecular weight excluding hydrogens is 336 g/mol. The number of hydroxylamine groups is 1. The molecule has 2 heterocycles. The molecule has 0 spiro atoms. The number of nitrogens with one attached hydrogen (secondary N) is 1. The molecule has 0 bridgehead atoms. The molecular formula is C19H18N2O5. The lowest BCUT2D eigenvalue weighted by atomic mass is 9.90. The molecule has 2 aliphatic rings. The minimum atomic E-state index is -0.862. The van der Waals surface area contributed by atoms with Crippen LogP contribution in [0.3, 0.4) is 0 Å². The van der Waals surface area contributed by atoms with Gasteiger partial charge in [-0.25, -0.2) is 5.06 Å². The Bertz CT molecular complexity index is 854. The van der Waals surface area contributed by atoms with Crippen LogP contribution in [0.4, 0.5) is 5.69 Å². The molecule has 7 heteroatoms. The van der Waals surface area contributed by atoms with E-state index in [4.69, 9.17) is 14.3 Å². The Labute approximate surface area is 150 Å². The van der Waals surface area contributed by atoms with E-state index in [1.807, 2.05) is 36.4 Å². The van der Waals surface area contributed by atoms with Gasteiger partial charge in [-0.05, 0) is 24.3 Å². The summed E-state index contributed by atoms with van der Waals surface area (Å²) >= 11 is 0. The first-order chi connectivity index (χ1) is 12.6. The number of amides is 2. The number of anilines is 1. The van der Waals surface area contributed by atoms with E-state index in [2.05, 4.69) is 5.32 Å². The summed E-state index contributed by atoms with van der Waals surface area (Å²) in [6, 6.07) is 14.2. The third-order valence-corrected chi connectivity index (χ3v) is 4.72. The van der Waals surface area contributed by atoms with Crippen molar-refractivity contribution in [2.45, 2.75) is 12.1 Å². The molecule has 4 rings (SSSR count). The molecule has 0 unspecified atom stereocenters. The SMILES string of the molecule is COc1ccc([C@@H]2[C@@H]3C(=O)NC(=O)[C@H]3ON2c2ccccc2)c(OC)c1. The van der Waals surface area contributed by atoms with Crippen molar-refractivity contribution in [3.05, 3.63) is 54.1 Å². The Morgan fingerprint density at radius 3 is 2.46 bits per heavy atom. The molecule has 2 fully saturated rings. The van der Waals surface area contributed by atoms with Gasteiger partial charge in [0.15, 0.2) is 6.10 Å². The Morgan fingerprint density at radius 2 is 1.77 bits per heavy atom. The Hall–Kier alpha value is -3.06. The van der Waals surface area contributed by atoms with Gasteiger partial charge in [0.2, 0.25) is 5.91 Å². The third-order valence-electron chi connectivity index (χ3n) is 4.72. The molecule has 2 aromatic rings. The summed E-state index contributed by atoms with van der Waals surface area (Å²) in [6.07, 6.45) is -0.862. The standard InChI is InChI=1S/C19H18N2O5/c1-24-12-8-9-13(14(10-12)25-2)16-15-17(19(23)20-18(15)22)26-21(16)11-6-4-3-5-7-11/h3-10,15-17H,1-2H3,(H,20,22,23)/t15-,16+,17-/m0/s1. The van der Waals surface area contributed by atoms with Crippen LogP contribution >= 0.6 is 0 Å². The van der Waals surface area contributed by atoms with Crippen molar-refractivity contribution in [1.29, 1.82) is 0 Å². The number of methoxy groups -OCH3 is 2. The number of imide groups is 1. The van der Waals surface area contributed by atoms with Crippen molar-refractivity contribution in [1.82, 2.24) is 5.32 Å². The number of ether oxygens (including phenoxy) is 2. The van der Waals surface area contributed by atoms with Crippen LogP contribution in [0.5, 0.6) is 11.5 Å². The number of carbonyl (C=O) groups excluding carboxylic acids is 2. The van der Waals surface area contributed by atoms with E-state index in [-0.39, 0.29) is 5.91 Å². The highest BCUT2D eigenvalue weighted by atomic mass is 16.7. The predicted octanol–water partition coefficient (Wildman–Crippen LogP) is 1.84. The maximum Gasteiger partial charge on any atom is 0.259 e. The van der Waals surface area contributed by atoms with Crippen molar-refractivity contribution in [3.8, 4) is 11.5 Å². The van der Waals surface area contributed by atoms with E-state index in [1.165, 1.54) is 0 Å². The monoisotopic (exact) mass is 354 g/mol. The Kier molecular flexibility index (Phi) is 4.00. The molecule has 134 valence electrons. The van der Waals surface area contributed by atoms with E-state index >= 15 is 0 Å². The highest BCUT2D eigenvalue weighted by molar-refractivity contribution is 6.07. The summed E-state index contributed by atoms with van der Waals surface area (Å²) in [5.74, 6) is -0.229. The number of rotatable bonds is 4. The lowest BCUT2D eigenvalue weighted by molar-refractivity contribution is -0.129. The molecule has 26 heavy (non-hydrogen) atoms. The average molecular weight is 354 g/mol. The number of hydrogen-bond donors (Lipinski definition) is 1. The van der Waals surface area contributed by atoms with Crippen LogP contribution in [0, 0.1) is 5.92 Å². The zero-order chi connectivity index (χ0) is 18.3. The maximum atomic E-state index is 12.4. The number of carbonyl (C=O) groups is 2. The van der Waals surface area contributed by atoms with Gasteiger partial charge in [0.25, 0.3) is 5.91 Å². The van der Waals surface area contributed by atoms with Crippen LogP contribution in [0.1, 0.15) is 11.6 Å². The lowest BCUT2D eigenvalue weighted by Crippen LogP contribution is -2.33. The summed E-state index contributed by atoms with van der Waals surface area (Å²) < 4.78 is 10.8. The van der Waals surface area contributed by atoms with Crippen molar-refractivity contribution in [2.75, 3.05) is 19.3 Å². The summed E-state index contributed by atoms with van der Waals surface area (Å²) in [4.78, 5) is 30.5. The number of hydrogen-bond acceptors (Lipinski definition) is 6. The van der Waals surface area contributed by atoms with Crippen LogP contribution in [0.15, 0.2) is 48.5 Å². The van der Waals surface area contributed by atoms with Gasteiger partial charge in [0, 0.05) is 11.6 Å². The van der Waals surface area contributed by atoms with Gasteiger partial charge in [-0.1, -0.05) is 18.2 Å². The van der Waals surface area contributed by atoms with Crippen molar-refractivity contribution in [3.63, 3.8) is 0 Å². The minimum absolute atomic E-state index is 0.346. The summed E-state index contributed by atoms with van der Waals surface area (Å²) in [6.45, 7) is 0. The van der Waals surface area contributed by atoms with Gasteiger partial charge in [0.05, 0.1) is 25.9 Å². The molecule has 0 aliphatic carbocycles. The molecule has 2 saturated heterocycles. The normalized spacial score (nSPS) is 24.4. The van der Waals surface area contributed by atoms with Gasteiger partial charge in [-0.15, -0.1) is 0 Å². The van der Waals surface area contributed by atoms with E-state index < -0.39 is 24.0 Å². The fourth-order valence-corrected chi connectivity index (χ4v) is 3.51. The molecule has 0 saturated carbocycles. The van der Waals surface area contributed by atoms with Gasteiger partial charge < -0.3 is 9.47 Å². The van der Waals surface area contributed by atoms with Gasteiger partial charge in [0.1, 0.15) is 17.4 Å². The quantitative estimate of drug-likeness (QED) is 0.845. The summed E-state index contributed by atoms with van der Waals surface area (Å²) in [5, 5.41) is 3.98. The Balaban J connectivity index is 1.84. The maximum absolute atomic E-state index is 12.4. The van der Waals surface area contributed by atoms with Crippen LogP contribution < -0.4 is 19.9 Å². The first-order valence-electron chi connectivity index (χ1n) is 8.21. The van der Waals surface area contributed by atoms with Gasteiger partial charge in [-0.3, -0.25) is 19.7 Å². The average Bonchev–Trinajstić information content (AvgIpc) is 3.20. The first-order valence-corrected chi connectivity index (χ1v) is 8.21. The lowest BCUT2D eigenvalue weighted by Gasteiger charge is -2.28. The van der Waals surface area contributed by atoms with Crippen LogP contribution in [0.25, 0.3) is 0 Å². The Morgan fingerprint density at radius 1 is 1.00 bits per heavy atom. The third kappa shape index (κ3) is 2.48. The second kappa shape index (κ2) is 6.34. The number of benzene rings is 2. The smallest absolute Gasteiger partial charge is 0.259 e. The number of nitrogens with zero attached hydrogens (tertiary/aromatic N) is 1. The minimum Gasteiger partial charge on any atom is -0.497 e. The summed E-state index contributed by atoms with van der Waals surface area (Å²) in [5.41, 5.74) is 1.50. The van der Waals surface area contributed by atoms with Crippen LogP contribution in [-0.4, -0.2) is 32.1 Å². The first kappa shape index (κ1) is 16.4. The highest BCUT2D eigenvalue weighted by Crippen LogP contribution is 2.47. The molecule has 2 aromatic carbocycles. The summed E-state index contributed by atoms with van der Waals surface area (Å²) in [7, 11) is 3.13. The van der Waals surface area contributed by atoms with E-state index in [1.54, 1.807) is 31.4 Å². The molecule has 7 nitrogen and oxygen atoms in total. The van der Waals surface area contributed by atoms with Crippen molar-refractivity contribution >= 4 is 17.5 Å². The molecule has 2 aliphatic heterocycles. The zero-order valence-corrected chi connectivity index (χ0v) is 14.3. The molecule has 0 radical (unpaired) electrons. The van der Waals surface area contributed by atoms with Crippen LogP contribution in [-0.2, 0) is 14.4 Å². The largest absolute Gasteiger partial charge is 0.497 e. The molecule has 2 amide bonds. The van der Waals surface area contributed by atoms with Crippen molar-refractivity contribution < 1.29 is 23.9 Å². The fraction of sp³-hybridized carbons (Fsp3) is 0.263. The fourth-order valence-electron chi connectivity index (χ4n) is 3.51. The second-order valence-corrected chi connectivity index (χ2v) is 6.12. The highest BCUT2D eigenvalue weighted by Gasteiger charge is 2.57. The topological polar surface area (TPSA) is 77.1 Å². The van der Waals surface area contributed by atoms with Gasteiger partial charge in [-0.2, -0.15) is 0 Å². The van der Waals surface area contributed by atoms with E-state index in [0.29, 0.717) is 11.5 Å². The predicted molar refractivity (Wildman–Crippen MR) is 92.7 cm³/mol. The molecule has 0 aromatic heterocycles. The zero-order valence-electron chi connectivity index (χ0n) is 14.3. The van der Waals surface area contributed by atoms with E-state index in [0.717, 1.165) is 11.3 Å². The number of fused-ring (bicyclic) bond motifs is 1. The van der Waals surface area contributed by atoms with Crippen LogP contribution in [0.2, 0.25) is 0 Å².